The van der Waals surface area contributed by atoms with E-state index >= 15 is 0 Å². The molecule has 0 aliphatic rings. The smallest absolute Gasteiger partial charge is 0.166 e. The molecular formula is C15H18N2O2. The highest BCUT2D eigenvalue weighted by atomic mass is 16.1. The highest BCUT2D eigenvalue weighted by Crippen LogP contribution is 2.22. The van der Waals surface area contributed by atoms with Gasteiger partial charge in [0.2, 0.25) is 0 Å². The molecule has 0 radical (unpaired) electrons. The zero-order valence-corrected chi connectivity index (χ0v) is 11.7. The lowest BCUT2D eigenvalue weighted by atomic mass is 10.1. The maximum absolute atomic E-state index is 10.9. The first-order chi connectivity index (χ1) is 8.99. The van der Waals surface area contributed by atoms with Crippen LogP contribution in [0.3, 0.4) is 0 Å². The van der Waals surface area contributed by atoms with E-state index in [1.165, 1.54) is 0 Å². The van der Waals surface area contributed by atoms with Gasteiger partial charge in [-0.1, -0.05) is 0 Å². The number of aromatic amines is 2. The highest BCUT2D eigenvalue weighted by molar-refractivity contribution is 5.77. The number of hydrogen-bond donors (Lipinski definition) is 2. The molecule has 0 fully saturated rings. The minimum Gasteiger partial charge on any atom is -0.355 e. The van der Waals surface area contributed by atoms with Gasteiger partial charge in [-0.15, -0.1) is 0 Å². The van der Waals surface area contributed by atoms with Gasteiger partial charge < -0.3 is 9.97 Å². The second-order valence-corrected chi connectivity index (χ2v) is 4.95. The molecule has 0 amide bonds. The number of rotatable bonds is 4. The van der Waals surface area contributed by atoms with Crippen LogP contribution in [0.15, 0.2) is 0 Å². The van der Waals surface area contributed by atoms with E-state index in [1.807, 2.05) is 27.7 Å². The first kappa shape index (κ1) is 13.3. The van der Waals surface area contributed by atoms with Crippen molar-refractivity contribution in [3.63, 3.8) is 0 Å². The Morgan fingerprint density at radius 2 is 1.11 bits per heavy atom. The van der Waals surface area contributed by atoms with Crippen LogP contribution in [0.1, 0.15) is 54.6 Å². The predicted octanol–water partition coefficient (Wildman–Crippen LogP) is 2.79. The molecule has 4 nitrogen and oxygen atoms in total. The number of carbonyl (C=O) groups excluding carboxylic acids is 2. The van der Waals surface area contributed by atoms with Gasteiger partial charge >= 0.3 is 0 Å². The summed E-state index contributed by atoms with van der Waals surface area (Å²) in [5, 5.41) is 0. The monoisotopic (exact) mass is 260 g/mol. The summed E-state index contributed by atoms with van der Waals surface area (Å²) in [4.78, 5) is 28.2. The second kappa shape index (κ2) is 4.88. The van der Waals surface area contributed by atoms with Crippen LogP contribution in [0.25, 0.3) is 0 Å². The van der Waals surface area contributed by atoms with Gasteiger partial charge in [0.25, 0.3) is 0 Å². The molecule has 2 N–H and O–H groups in total. The third-order valence-electron chi connectivity index (χ3n) is 4.00. The minimum atomic E-state index is 0.629. The number of nitrogens with one attached hydrogen (secondary N) is 2. The molecule has 0 aliphatic heterocycles. The molecule has 2 rings (SSSR count). The van der Waals surface area contributed by atoms with Gasteiger partial charge in [-0.25, -0.2) is 0 Å². The molecule has 19 heavy (non-hydrogen) atoms. The molecule has 2 heterocycles. The molecule has 0 unspecified atom stereocenters. The maximum atomic E-state index is 10.9. The summed E-state index contributed by atoms with van der Waals surface area (Å²) in [6.07, 6.45) is 2.35. The van der Waals surface area contributed by atoms with Crippen molar-refractivity contribution in [1.29, 1.82) is 0 Å². The quantitative estimate of drug-likeness (QED) is 0.830. The molecule has 0 aromatic carbocycles. The fourth-order valence-electron chi connectivity index (χ4n) is 2.32. The SMILES string of the molecule is Cc1c(C=O)[15nH]c(Cc2[15nH]c(C=O)c(C)c2C)c1C. The van der Waals surface area contributed by atoms with Crippen molar-refractivity contribution < 1.29 is 9.59 Å². The zero-order chi connectivity index (χ0) is 14.2. The third-order valence-corrected chi connectivity index (χ3v) is 4.00. The number of carbonyl (C=O) groups is 2. The first-order valence-corrected chi connectivity index (χ1v) is 6.26. The fourth-order valence-corrected chi connectivity index (χ4v) is 2.32. The van der Waals surface area contributed by atoms with E-state index in [0.717, 1.165) is 46.2 Å². The van der Waals surface area contributed by atoms with E-state index in [0.29, 0.717) is 17.8 Å². The highest BCUT2D eigenvalue weighted by Gasteiger charge is 2.14. The van der Waals surface area contributed by atoms with Gasteiger partial charge in [0, 0.05) is 17.8 Å². The molecule has 2 aromatic heterocycles. The van der Waals surface area contributed by atoms with Crippen LogP contribution in [0.4, 0.5) is 0 Å². The van der Waals surface area contributed by atoms with Crippen molar-refractivity contribution >= 4 is 12.6 Å². The summed E-state index contributed by atoms with van der Waals surface area (Å²) in [6.45, 7) is 7.87. The standard InChI is InChI=1S/C15H18N2O2/c1-8-10(3)14(6-18)16-12(8)5-13-9(2)11(4)15(7-19)17-13/h6-7,16-17H,5H2,1-4H3/i16+1,17+1. The summed E-state index contributed by atoms with van der Waals surface area (Å²) in [6, 6.07) is 0. The van der Waals surface area contributed by atoms with E-state index in [-0.39, 0.29) is 0 Å². The lowest BCUT2D eigenvalue weighted by Gasteiger charge is -2.01. The van der Waals surface area contributed by atoms with Crippen LogP contribution in [0.2, 0.25) is 0 Å². The van der Waals surface area contributed by atoms with Gasteiger partial charge in [-0.3, -0.25) is 9.59 Å². The summed E-state index contributed by atoms with van der Waals surface area (Å²) >= 11 is 0. The van der Waals surface area contributed by atoms with Crippen LogP contribution in [0.5, 0.6) is 0 Å². The van der Waals surface area contributed by atoms with Crippen LogP contribution < -0.4 is 0 Å². The number of aldehydes is 2. The topological polar surface area (TPSA) is 65.7 Å². The van der Waals surface area contributed by atoms with Crippen molar-refractivity contribution in [1.82, 2.24) is 9.97 Å². The molecule has 0 spiro atoms. The minimum absolute atomic E-state index is 0.629. The van der Waals surface area contributed by atoms with E-state index in [9.17, 15) is 9.59 Å². The van der Waals surface area contributed by atoms with Crippen LogP contribution in [0, 0.1) is 27.7 Å². The largest absolute Gasteiger partial charge is 0.355 e. The van der Waals surface area contributed by atoms with Crippen molar-refractivity contribution in [2.24, 2.45) is 0 Å². The Labute approximate surface area is 112 Å². The normalized spacial score (nSPS) is 10.7. The van der Waals surface area contributed by atoms with Crippen molar-refractivity contribution in [3.8, 4) is 0 Å². The van der Waals surface area contributed by atoms with Gasteiger partial charge in [-0.05, 0) is 49.9 Å². The summed E-state index contributed by atoms with van der Waals surface area (Å²) < 4.78 is 0. The summed E-state index contributed by atoms with van der Waals surface area (Å²) in [5.74, 6) is 0. The molecule has 2 aromatic rings. The molecule has 0 saturated heterocycles. The van der Waals surface area contributed by atoms with E-state index in [2.05, 4.69) is 9.97 Å². The van der Waals surface area contributed by atoms with Crippen molar-refractivity contribution in [3.05, 3.63) is 45.0 Å². The zero-order valence-electron chi connectivity index (χ0n) is 11.7. The van der Waals surface area contributed by atoms with E-state index in [1.54, 1.807) is 0 Å². The lowest BCUT2D eigenvalue weighted by Crippen LogP contribution is -1.94. The second-order valence-electron chi connectivity index (χ2n) is 4.95. The predicted molar refractivity (Wildman–Crippen MR) is 74.1 cm³/mol. The Morgan fingerprint density at radius 3 is 1.37 bits per heavy atom. The molecule has 4 heteroatoms. The van der Waals surface area contributed by atoms with Gasteiger partial charge in [0.1, 0.15) is 0 Å². The van der Waals surface area contributed by atoms with Crippen molar-refractivity contribution in [2.45, 2.75) is 34.1 Å². The molecule has 0 saturated carbocycles. The van der Waals surface area contributed by atoms with Crippen LogP contribution in [-0.2, 0) is 6.42 Å². The summed E-state index contributed by atoms with van der Waals surface area (Å²) in [7, 11) is 0. The molecule has 0 bridgehead atoms. The molecule has 0 atom stereocenters. The number of aromatic nitrogens is 2. The average molecular weight is 260 g/mol. The Morgan fingerprint density at radius 1 is 0.737 bits per heavy atom. The fraction of sp³-hybridized carbons (Fsp3) is 0.333. The summed E-state index contributed by atoms with van der Waals surface area (Å²) in [5.41, 5.74) is 7.46. The number of H-pyrrole nitrogens is 2. The van der Waals surface area contributed by atoms with Crippen LogP contribution >= 0.6 is 0 Å². The third kappa shape index (κ3) is 2.14. The maximum Gasteiger partial charge on any atom is 0.166 e. The lowest BCUT2D eigenvalue weighted by molar-refractivity contribution is 0.111. The Balaban J connectivity index is 2.41. The van der Waals surface area contributed by atoms with Gasteiger partial charge in [0.05, 0.1) is 11.4 Å². The van der Waals surface area contributed by atoms with Gasteiger partial charge in [0.15, 0.2) is 12.6 Å². The Kier molecular flexibility index (Phi) is 3.42. The van der Waals surface area contributed by atoms with E-state index in [4.69, 9.17) is 0 Å². The molecule has 0 aliphatic carbocycles. The molecular weight excluding hydrogens is 242 g/mol. The Hall–Kier alpha value is -2.10. The van der Waals surface area contributed by atoms with Crippen molar-refractivity contribution in [2.75, 3.05) is 0 Å². The molecule has 100 valence electrons. The average Bonchev–Trinajstić information content (AvgIpc) is 2.83. The Bertz CT molecular complexity index is 591. The number of hydrogen-bond acceptors (Lipinski definition) is 2. The van der Waals surface area contributed by atoms with Gasteiger partial charge in [-0.2, -0.15) is 0 Å². The van der Waals surface area contributed by atoms with Crippen LogP contribution in [-0.4, -0.2) is 22.5 Å². The first-order valence-electron chi connectivity index (χ1n) is 6.26. The van der Waals surface area contributed by atoms with E-state index < -0.39 is 0 Å².